The summed E-state index contributed by atoms with van der Waals surface area (Å²) in [6, 6.07) is -0.0620. The molecule has 0 bridgehead atoms. The van der Waals surface area contributed by atoms with Gasteiger partial charge in [-0.15, -0.1) is 0 Å². The van der Waals surface area contributed by atoms with Gasteiger partial charge in [0.05, 0.1) is 12.3 Å². The van der Waals surface area contributed by atoms with Crippen LogP contribution in [0.25, 0.3) is 0 Å². The molecule has 1 aliphatic rings. The molecule has 2 rings (SSSR count). The van der Waals surface area contributed by atoms with Gasteiger partial charge in [0.25, 0.3) is 5.89 Å². The van der Waals surface area contributed by atoms with Crippen molar-refractivity contribution < 1.29 is 37.0 Å². The Bertz CT molecular complexity index is 633. The van der Waals surface area contributed by atoms with Crippen LogP contribution in [-0.2, 0) is 22.5 Å². The van der Waals surface area contributed by atoms with Crippen LogP contribution in [-0.4, -0.2) is 65.9 Å². The number of halogens is 3. The predicted molar refractivity (Wildman–Crippen MR) is 88.3 cm³/mol. The number of amides is 1. The first kappa shape index (κ1) is 22.9. The number of fused-ring (bicyclic) bond motifs is 1. The summed E-state index contributed by atoms with van der Waals surface area (Å²) in [6.07, 6.45) is -3.14. The molecule has 1 aromatic heterocycles. The van der Waals surface area contributed by atoms with Crippen molar-refractivity contribution in [2.24, 2.45) is 0 Å². The minimum atomic E-state index is -5.08. The number of aliphatic carboxylic acids is 1. The number of oxazole rings is 1. The summed E-state index contributed by atoms with van der Waals surface area (Å²) in [5, 5.41) is 9.93. The van der Waals surface area contributed by atoms with E-state index in [4.69, 9.17) is 19.1 Å². The molecule has 0 fully saturated rings. The van der Waals surface area contributed by atoms with Crippen LogP contribution in [0, 0.1) is 0 Å². The maximum absolute atomic E-state index is 12.0. The van der Waals surface area contributed by atoms with E-state index in [0.717, 1.165) is 43.9 Å². The summed E-state index contributed by atoms with van der Waals surface area (Å²) in [5.74, 6) is -2.02. The van der Waals surface area contributed by atoms with Gasteiger partial charge in [-0.25, -0.2) is 9.78 Å². The molecule has 2 N–H and O–H groups in total. The fraction of sp³-hybridized carbons (Fsp3) is 0.688. The number of carboxylic acids is 1. The average Bonchev–Trinajstić information content (AvgIpc) is 2.98. The lowest BCUT2D eigenvalue weighted by atomic mass is 10.1. The lowest BCUT2D eigenvalue weighted by molar-refractivity contribution is -0.192. The molecule has 0 unspecified atom stereocenters. The summed E-state index contributed by atoms with van der Waals surface area (Å²) in [5.41, 5.74) is 0.897. The number of methoxy groups -OCH3 is 1. The number of carbonyl (C=O) groups excluding carboxylic acids is 1. The molecule has 1 amide bonds. The second kappa shape index (κ2) is 10.3. The van der Waals surface area contributed by atoms with E-state index in [9.17, 15) is 18.0 Å². The van der Waals surface area contributed by atoms with E-state index < -0.39 is 12.1 Å². The van der Waals surface area contributed by atoms with Gasteiger partial charge in [0.15, 0.2) is 0 Å². The number of rotatable bonds is 6. The second-order valence-electron chi connectivity index (χ2n) is 6.05. The summed E-state index contributed by atoms with van der Waals surface area (Å²) in [4.78, 5) is 27.6. The molecule has 1 atom stereocenters. The summed E-state index contributed by atoms with van der Waals surface area (Å²) in [7, 11) is 1.61. The largest absolute Gasteiger partial charge is 0.490 e. The molecule has 8 nitrogen and oxygen atoms in total. The molecule has 0 spiro atoms. The first-order chi connectivity index (χ1) is 12.6. The maximum atomic E-state index is 12.0. The van der Waals surface area contributed by atoms with Crippen molar-refractivity contribution in [1.82, 2.24) is 15.2 Å². The van der Waals surface area contributed by atoms with Crippen molar-refractivity contribution >= 4 is 11.9 Å². The number of carbonyl (C=O) groups is 2. The van der Waals surface area contributed by atoms with Crippen LogP contribution < -0.4 is 5.32 Å². The number of nitrogens with one attached hydrogen (secondary N) is 1. The van der Waals surface area contributed by atoms with Gasteiger partial charge in [0.1, 0.15) is 5.76 Å². The fourth-order valence-electron chi connectivity index (χ4n) is 2.43. The molecule has 0 saturated carbocycles. The number of hydrogen-bond acceptors (Lipinski definition) is 6. The monoisotopic (exact) mass is 395 g/mol. The van der Waals surface area contributed by atoms with Crippen molar-refractivity contribution in [2.75, 3.05) is 26.8 Å². The number of carboxylic acid groups (broad SMARTS) is 1. The van der Waals surface area contributed by atoms with E-state index in [1.165, 1.54) is 0 Å². The smallest absolute Gasteiger partial charge is 0.475 e. The minimum Gasteiger partial charge on any atom is -0.475 e. The first-order valence-corrected chi connectivity index (χ1v) is 8.39. The highest BCUT2D eigenvalue weighted by Crippen LogP contribution is 2.20. The van der Waals surface area contributed by atoms with Crippen LogP contribution in [0.4, 0.5) is 13.2 Å². The molecule has 27 heavy (non-hydrogen) atoms. The molecule has 11 heteroatoms. The van der Waals surface area contributed by atoms with Crippen molar-refractivity contribution in [3.05, 3.63) is 17.3 Å². The van der Waals surface area contributed by atoms with Crippen molar-refractivity contribution in [1.29, 1.82) is 0 Å². The van der Waals surface area contributed by atoms with Gasteiger partial charge >= 0.3 is 18.1 Å². The van der Waals surface area contributed by atoms with E-state index in [1.54, 1.807) is 7.11 Å². The lowest BCUT2D eigenvalue weighted by Gasteiger charge is -2.24. The van der Waals surface area contributed by atoms with E-state index in [0.29, 0.717) is 6.61 Å². The Balaban J connectivity index is 0.000000445. The van der Waals surface area contributed by atoms with Crippen molar-refractivity contribution in [3.63, 3.8) is 0 Å². The van der Waals surface area contributed by atoms with Gasteiger partial charge in [-0.1, -0.05) is 6.92 Å². The summed E-state index contributed by atoms with van der Waals surface area (Å²) >= 11 is 0. The van der Waals surface area contributed by atoms with Crippen molar-refractivity contribution in [2.45, 2.75) is 45.5 Å². The van der Waals surface area contributed by atoms with Gasteiger partial charge in [-0.2, -0.15) is 13.2 Å². The van der Waals surface area contributed by atoms with E-state index in [1.807, 2.05) is 6.92 Å². The number of aromatic nitrogens is 1. The number of alkyl halides is 3. The summed E-state index contributed by atoms with van der Waals surface area (Å²) < 4.78 is 42.3. The summed E-state index contributed by atoms with van der Waals surface area (Å²) in [6.45, 7) is 7.31. The Morgan fingerprint density at radius 1 is 1.44 bits per heavy atom. The normalized spacial score (nSPS) is 15.3. The molecule has 0 radical (unpaired) electrons. The number of hydrogen-bond donors (Lipinski definition) is 2. The topological polar surface area (TPSA) is 105 Å². The van der Waals surface area contributed by atoms with Crippen LogP contribution in [0.1, 0.15) is 42.4 Å². The first-order valence-electron chi connectivity index (χ1n) is 8.39. The third-order valence-electron chi connectivity index (χ3n) is 3.58. The second-order valence-corrected chi connectivity index (χ2v) is 6.05. The molecule has 1 aliphatic heterocycles. The van der Waals surface area contributed by atoms with E-state index >= 15 is 0 Å². The Morgan fingerprint density at radius 3 is 2.59 bits per heavy atom. The van der Waals surface area contributed by atoms with E-state index in [2.05, 4.69) is 22.1 Å². The van der Waals surface area contributed by atoms with Gasteiger partial charge in [-0.3, -0.25) is 9.69 Å². The Hall–Kier alpha value is -2.14. The van der Waals surface area contributed by atoms with Gasteiger partial charge in [0.2, 0.25) is 0 Å². The quantitative estimate of drug-likeness (QED) is 0.757. The Kier molecular flexibility index (Phi) is 8.70. The molecule has 0 aromatic carbocycles. The zero-order valence-electron chi connectivity index (χ0n) is 15.4. The molecular formula is C16H24F3N3O5. The molecule has 0 saturated heterocycles. The molecular weight excluding hydrogens is 371 g/mol. The molecule has 1 aromatic rings. The third-order valence-corrected chi connectivity index (χ3v) is 3.58. The molecule has 0 aliphatic carbocycles. The zero-order chi connectivity index (χ0) is 20.6. The van der Waals surface area contributed by atoms with Gasteiger partial charge in [-0.05, 0) is 19.9 Å². The van der Waals surface area contributed by atoms with Gasteiger partial charge in [0, 0.05) is 32.7 Å². The lowest BCUT2D eigenvalue weighted by Crippen LogP contribution is -2.35. The average molecular weight is 395 g/mol. The van der Waals surface area contributed by atoms with Crippen LogP contribution >= 0.6 is 0 Å². The minimum absolute atomic E-state index is 0.0620. The number of nitrogens with zero attached hydrogens (tertiary/aromatic N) is 2. The Morgan fingerprint density at radius 2 is 2.07 bits per heavy atom. The van der Waals surface area contributed by atoms with Crippen LogP contribution in [0.5, 0.6) is 0 Å². The van der Waals surface area contributed by atoms with Gasteiger partial charge < -0.3 is 19.6 Å². The predicted octanol–water partition coefficient (Wildman–Crippen LogP) is 1.84. The maximum Gasteiger partial charge on any atom is 0.490 e. The molecule has 154 valence electrons. The fourth-order valence-corrected chi connectivity index (χ4v) is 2.43. The van der Waals surface area contributed by atoms with E-state index in [-0.39, 0.29) is 17.8 Å². The SMILES string of the molecule is CCCN1CCc2oc(C(=O)N[C@@H](C)COC)nc2C1.O=C(O)C(F)(F)F. The standard InChI is InChI=1S/C14H23N3O3.C2HF3O2/c1-4-6-17-7-5-12-11(8-17)16-14(20-12)13(18)15-10(2)9-19-3;3-2(4,5)1(6)7/h10H,4-9H2,1-3H3,(H,15,18);(H,6,7)/t10-;/m0./s1. The third kappa shape index (κ3) is 7.55. The number of ether oxygens (including phenoxy) is 1. The van der Waals surface area contributed by atoms with Crippen LogP contribution in [0.15, 0.2) is 4.42 Å². The Labute approximate surface area is 154 Å². The highest BCUT2D eigenvalue weighted by atomic mass is 19.4. The van der Waals surface area contributed by atoms with Crippen LogP contribution in [0.2, 0.25) is 0 Å². The zero-order valence-corrected chi connectivity index (χ0v) is 15.4. The molecule has 2 heterocycles. The highest BCUT2D eigenvalue weighted by Gasteiger charge is 2.38. The van der Waals surface area contributed by atoms with Crippen molar-refractivity contribution in [3.8, 4) is 0 Å². The highest BCUT2D eigenvalue weighted by molar-refractivity contribution is 5.89. The van der Waals surface area contributed by atoms with Crippen LogP contribution in [0.3, 0.4) is 0 Å².